The van der Waals surface area contributed by atoms with Gasteiger partial charge in [-0.05, 0) is 47.4 Å². The van der Waals surface area contributed by atoms with Crippen LogP contribution in [0.1, 0.15) is 34.4 Å². The number of hydrogen-bond donors (Lipinski definition) is 7. The Morgan fingerprint density at radius 1 is 1.11 bits per heavy atom. The molecule has 1 fully saturated rings. The van der Waals surface area contributed by atoms with Crippen LogP contribution in [-0.2, 0) is 19.4 Å². The minimum atomic E-state index is -1.40. The monoisotopic (exact) mass is 644 g/mol. The number of rotatable bonds is 6. The fraction of sp³-hybridized carbons (Fsp3) is 0.344. The van der Waals surface area contributed by atoms with Gasteiger partial charge < -0.3 is 40.3 Å². The molecule has 0 radical (unpaired) electrons. The first kappa shape index (κ1) is 30.7. The Bertz CT molecular complexity index is 1960. The number of benzene rings is 2. The number of phenolic OH excluding ortho intramolecular Hbond substituents is 1. The minimum Gasteiger partial charge on any atom is -0.505 e. The molecule has 7 rings (SSSR count). The number of nitrogens with zero attached hydrogens (tertiary/aromatic N) is 6. The van der Waals surface area contributed by atoms with E-state index in [2.05, 4.69) is 25.1 Å². The number of fused-ring (bicyclic) bond motifs is 2. The first-order valence-electron chi connectivity index (χ1n) is 15.3. The van der Waals surface area contributed by atoms with Crippen molar-refractivity contribution in [1.82, 2.24) is 35.0 Å². The third kappa shape index (κ3) is 5.36. The number of aromatic hydroxyl groups is 1. The first-order chi connectivity index (χ1) is 22.7. The second kappa shape index (κ2) is 12.0. The Morgan fingerprint density at radius 2 is 1.94 bits per heavy atom. The maximum absolute atomic E-state index is 14.2. The van der Waals surface area contributed by atoms with Gasteiger partial charge in [0, 0.05) is 24.9 Å². The highest BCUT2D eigenvalue weighted by Gasteiger charge is 2.42. The summed E-state index contributed by atoms with van der Waals surface area (Å²) in [6.45, 7) is 2.05. The molecule has 1 amide bonds. The zero-order valence-corrected chi connectivity index (χ0v) is 25.3. The Kier molecular flexibility index (Phi) is 7.83. The summed E-state index contributed by atoms with van der Waals surface area (Å²) in [7, 11) is 0. The lowest BCUT2D eigenvalue weighted by Gasteiger charge is -2.43. The number of carbonyl (C=O) groups excluding carboxylic acids is 1. The van der Waals surface area contributed by atoms with E-state index in [1.807, 2.05) is 25.1 Å². The van der Waals surface area contributed by atoms with Crippen LogP contribution in [-0.4, -0.2) is 111 Å². The van der Waals surface area contributed by atoms with Crippen LogP contribution in [0.4, 0.5) is 10.2 Å². The van der Waals surface area contributed by atoms with Crippen molar-refractivity contribution in [2.24, 2.45) is 0 Å². The zero-order valence-electron chi connectivity index (χ0n) is 25.3. The highest BCUT2D eigenvalue weighted by Crippen LogP contribution is 2.34. The molecule has 0 unspecified atom stereocenters. The topological polar surface area (TPSA) is 208 Å². The molecule has 2 aliphatic heterocycles. The highest BCUT2D eigenvalue weighted by atomic mass is 19.1. The van der Waals surface area contributed by atoms with E-state index < -0.39 is 36.8 Å². The summed E-state index contributed by atoms with van der Waals surface area (Å²) in [4.78, 5) is 33.1. The zero-order chi connectivity index (χ0) is 33.0. The molecule has 3 aromatic heterocycles. The number of imidazole rings is 1. The number of halogens is 1. The van der Waals surface area contributed by atoms with Gasteiger partial charge in [0.05, 0.1) is 54.6 Å². The largest absolute Gasteiger partial charge is 0.505 e. The fourth-order valence-corrected chi connectivity index (χ4v) is 6.41. The number of aromatic nitrogens is 6. The molecular formula is C32H33FN8O6. The summed E-state index contributed by atoms with van der Waals surface area (Å²) in [5.74, 6) is -0.611. The quantitative estimate of drug-likeness (QED) is 0.140. The standard InChI is InChI=1S/C32H33FN8O6/c1-2-15-8-25(43)19(33)9-18(15)16-3-4-17-21(7-16)38-39-28(17)31-36-20-5-6-40(12-23(20)37-31)32(47)22-10-35-27(11-34-22)41-13-26(44)30(46)29(45)24(41)14-42/h3-4,7-11,24,26,29-30,42-46H,2,5-6,12-14H2,1H3,(H,36,37)(H,38,39)/t24-,26+,29-,30-/m0/s1. The number of aliphatic hydroxyl groups is 4. The van der Waals surface area contributed by atoms with Crippen LogP contribution in [0.15, 0.2) is 42.7 Å². The molecule has 5 aromatic rings. The second-order valence-electron chi connectivity index (χ2n) is 11.8. The van der Waals surface area contributed by atoms with Gasteiger partial charge in [-0.2, -0.15) is 5.10 Å². The number of nitrogens with one attached hydrogen (secondary N) is 2. The SMILES string of the molecule is CCc1cc(O)c(F)cc1-c1ccc2c(-c3nc4c([nH]3)CN(C(=O)c3cnc(N5C[C@@H](O)[C@H](O)[C@@H](O)[C@@H]5CO)cn3)CC4)n[nH]c2c1. The van der Waals surface area contributed by atoms with Crippen LogP contribution in [0.2, 0.25) is 0 Å². The molecule has 2 aromatic carbocycles. The van der Waals surface area contributed by atoms with Crippen LogP contribution in [0.25, 0.3) is 33.5 Å². The van der Waals surface area contributed by atoms with Crippen molar-refractivity contribution in [3.63, 3.8) is 0 Å². The van der Waals surface area contributed by atoms with Gasteiger partial charge in [-0.3, -0.25) is 9.89 Å². The van der Waals surface area contributed by atoms with Gasteiger partial charge >= 0.3 is 0 Å². The molecule has 14 nitrogen and oxygen atoms in total. The van der Waals surface area contributed by atoms with Gasteiger partial charge in [0.25, 0.3) is 5.91 Å². The number of carbonyl (C=O) groups is 1. The average Bonchev–Trinajstić information content (AvgIpc) is 3.71. The van der Waals surface area contributed by atoms with E-state index in [1.165, 1.54) is 29.4 Å². The number of hydrogen-bond acceptors (Lipinski definition) is 11. The molecule has 4 atom stereocenters. The maximum atomic E-state index is 14.2. The van der Waals surface area contributed by atoms with E-state index in [1.54, 1.807) is 4.90 Å². The van der Waals surface area contributed by atoms with Crippen LogP contribution >= 0.6 is 0 Å². The number of H-pyrrole nitrogens is 2. The summed E-state index contributed by atoms with van der Waals surface area (Å²) < 4.78 is 14.2. The van der Waals surface area contributed by atoms with E-state index in [0.29, 0.717) is 36.5 Å². The molecule has 47 heavy (non-hydrogen) atoms. The Labute approximate surface area is 267 Å². The number of piperidine rings is 1. The Hall–Kier alpha value is -4.96. The first-order valence-corrected chi connectivity index (χ1v) is 15.3. The van der Waals surface area contributed by atoms with Crippen LogP contribution < -0.4 is 4.90 Å². The van der Waals surface area contributed by atoms with Crippen molar-refractivity contribution in [1.29, 1.82) is 0 Å². The van der Waals surface area contributed by atoms with Gasteiger partial charge in [-0.25, -0.2) is 19.3 Å². The lowest BCUT2D eigenvalue weighted by atomic mass is 9.94. The van der Waals surface area contributed by atoms with Crippen molar-refractivity contribution in [3.05, 3.63) is 71.2 Å². The predicted octanol–water partition coefficient (Wildman–Crippen LogP) is 1.28. The van der Waals surface area contributed by atoms with Gasteiger partial charge in [0.15, 0.2) is 17.4 Å². The number of aromatic amines is 2. The molecule has 2 aliphatic rings. The fourth-order valence-electron chi connectivity index (χ4n) is 6.41. The number of aryl methyl sites for hydroxylation is 1. The molecule has 15 heteroatoms. The van der Waals surface area contributed by atoms with Crippen molar-refractivity contribution < 1.29 is 34.7 Å². The summed E-state index contributed by atoms with van der Waals surface area (Å²) in [5, 5.41) is 58.3. The molecule has 0 aliphatic carbocycles. The van der Waals surface area contributed by atoms with E-state index >= 15 is 0 Å². The summed E-state index contributed by atoms with van der Waals surface area (Å²) in [5.41, 5.74) is 5.33. The predicted molar refractivity (Wildman–Crippen MR) is 167 cm³/mol. The number of β-amino-alcohol motifs (C(OH)–C–C–N with tert-alkyl or cyclic N) is 1. The van der Waals surface area contributed by atoms with Gasteiger partial charge in [-0.15, -0.1) is 0 Å². The number of aliphatic hydroxyl groups excluding tert-OH is 4. The normalized spacial score (nSPS) is 21.3. The molecule has 0 spiro atoms. The van der Waals surface area contributed by atoms with Crippen LogP contribution in [0.3, 0.4) is 0 Å². The summed E-state index contributed by atoms with van der Waals surface area (Å²) in [6.07, 6.45) is -0.268. The van der Waals surface area contributed by atoms with Crippen LogP contribution in [0, 0.1) is 5.82 Å². The molecule has 244 valence electrons. The van der Waals surface area contributed by atoms with E-state index in [-0.39, 0.29) is 36.3 Å². The Morgan fingerprint density at radius 3 is 2.68 bits per heavy atom. The lowest BCUT2D eigenvalue weighted by molar-refractivity contribution is -0.0904. The Balaban J connectivity index is 1.08. The molecule has 0 bridgehead atoms. The second-order valence-corrected chi connectivity index (χ2v) is 11.8. The van der Waals surface area contributed by atoms with E-state index in [4.69, 9.17) is 4.98 Å². The van der Waals surface area contributed by atoms with Crippen molar-refractivity contribution in [2.75, 3.05) is 24.6 Å². The third-order valence-corrected chi connectivity index (χ3v) is 9.03. The maximum Gasteiger partial charge on any atom is 0.274 e. The molecule has 5 heterocycles. The van der Waals surface area contributed by atoms with Crippen LogP contribution in [0.5, 0.6) is 5.75 Å². The molecular weight excluding hydrogens is 611 g/mol. The number of phenols is 1. The smallest absolute Gasteiger partial charge is 0.274 e. The van der Waals surface area contributed by atoms with Gasteiger partial charge in [0.2, 0.25) is 0 Å². The van der Waals surface area contributed by atoms with Gasteiger partial charge in [0.1, 0.15) is 29.4 Å². The number of amides is 1. The third-order valence-electron chi connectivity index (χ3n) is 9.03. The van der Waals surface area contributed by atoms with E-state index in [9.17, 15) is 34.7 Å². The van der Waals surface area contributed by atoms with Crippen molar-refractivity contribution >= 4 is 22.6 Å². The van der Waals surface area contributed by atoms with E-state index in [0.717, 1.165) is 33.4 Å². The lowest BCUT2D eigenvalue weighted by Crippen LogP contribution is -2.63. The molecule has 0 saturated carbocycles. The minimum absolute atomic E-state index is 0.0763. The highest BCUT2D eigenvalue weighted by molar-refractivity contribution is 5.94. The summed E-state index contributed by atoms with van der Waals surface area (Å²) >= 11 is 0. The summed E-state index contributed by atoms with van der Waals surface area (Å²) in [6, 6.07) is 7.54. The average molecular weight is 645 g/mol. The molecule has 7 N–H and O–H groups in total. The van der Waals surface area contributed by atoms with Crippen molar-refractivity contribution in [2.45, 2.75) is 50.7 Å². The molecule has 1 saturated heterocycles. The number of anilines is 1. The van der Waals surface area contributed by atoms with Gasteiger partial charge in [-0.1, -0.05) is 13.0 Å². The van der Waals surface area contributed by atoms with Crippen molar-refractivity contribution in [3.8, 4) is 28.4 Å².